The van der Waals surface area contributed by atoms with Crippen LogP contribution in [0.5, 0.6) is 0 Å². The molecule has 382 valence electrons. The van der Waals surface area contributed by atoms with Crippen LogP contribution in [0.4, 0.5) is 17.1 Å². The van der Waals surface area contributed by atoms with Gasteiger partial charge in [0, 0.05) is 55.4 Å². The molecule has 0 bridgehead atoms. The molecule has 0 unspecified atom stereocenters. The van der Waals surface area contributed by atoms with Gasteiger partial charge in [-0.3, -0.25) is 0 Å². The second-order valence-electron chi connectivity index (χ2n) is 21.1. The Morgan fingerprint density at radius 2 is 0.878 bits per heavy atom. The Labute approximate surface area is 471 Å². The fourth-order valence-electron chi connectivity index (χ4n) is 13.2. The lowest BCUT2D eigenvalue weighted by Crippen LogP contribution is -2.36. The number of hydrogen-bond donors (Lipinski definition) is 0. The van der Waals surface area contributed by atoms with Crippen molar-refractivity contribution in [2.75, 3.05) is 4.90 Å². The molecular formula is C74H45N7O. The zero-order valence-corrected chi connectivity index (χ0v) is 44.0. The van der Waals surface area contributed by atoms with Crippen LogP contribution in [-0.4, -0.2) is 29.5 Å². The molecule has 0 atom stereocenters. The molecule has 15 aromatic rings. The molecular weight excluding hydrogens is 1000 g/mol. The van der Waals surface area contributed by atoms with E-state index in [-0.39, 0.29) is 0 Å². The summed E-state index contributed by atoms with van der Waals surface area (Å²) in [6, 6.07) is 96.4. The first kappa shape index (κ1) is 45.9. The van der Waals surface area contributed by atoms with Gasteiger partial charge in [-0.2, -0.15) is 0 Å². The monoisotopic (exact) mass is 1050 g/mol. The van der Waals surface area contributed by atoms with Crippen LogP contribution in [0.15, 0.2) is 277 Å². The molecule has 1 aliphatic heterocycles. The average Bonchev–Trinajstić information content (AvgIpc) is 1.57. The minimum atomic E-state index is -0.777. The minimum Gasteiger partial charge on any atom is -0.452 e. The van der Waals surface area contributed by atoms with Gasteiger partial charge >= 0.3 is 0 Å². The number of nitrogens with zero attached hydrogens (tertiary/aromatic N) is 7. The normalized spacial score (nSPS) is 13.0. The summed E-state index contributed by atoms with van der Waals surface area (Å²) in [5.41, 5.74) is 19.9. The summed E-state index contributed by atoms with van der Waals surface area (Å²) >= 11 is 0. The van der Waals surface area contributed by atoms with E-state index >= 15 is 0 Å². The van der Waals surface area contributed by atoms with Gasteiger partial charge in [-0.05, 0) is 106 Å². The van der Waals surface area contributed by atoms with E-state index in [0.717, 1.165) is 117 Å². The Morgan fingerprint density at radius 1 is 0.329 bits per heavy atom. The molecule has 1 aliphatic carbocycles. The Balaban J connectivity index is 0.938. The molecule has 0 N–H and O–H groups in total. The summed E-state index contributed by atoms with van der Waals surface area (Å²) in [6.45, 7) is 0. The lowest BCUT2D eigenvalue weighted by molar-refractivity contribution is 0.667. The maximum Gasteiger partial charge on any atom is 0.180 e. The van der Waals surface area contributed by atoms with Crippen molar-refractivity contribution in [3.63, 3.8) is 0 Å². The third kappa shape index (κ3) is 6.75. The number of furan rings is 1. The summed E-state index contributed by atoms with van der Waals surface area (Å²) in [4.78, 5) is 29.5. The molecule has 0 saturated carbocycles. The minimum absolute atomic E-state index is 0.579. The van der Waals surface area contributed by atoms with Crippen LogP contribution in [0.3, 0.4) is 0 Å². The molecule has 17 rings (SSSR count). The maximum absolute atomic E-state index is 6.80. The number of aromatic nitrogens is 6. The van der Waals surface area contributed by atoms with E-state index in [2.05, 4.69) is 228 Å². The lowest BCUT2D eigenvalue weighted by Gasteiger charge is -2.45. The topological polar surface area (TPSA) is 85.8 Å². The van der Waals surface area contributed by atoms with E-state index < -0.39 is 5.41 Å². The first-order chi connectivity index (χ1) is 40.7. The molecule has 8 heteroatoms. The predicted molar refractivity (Wildman–Crippen MR) is 330 cm³/mol. The van der Waals surface area contributed by atoms with E-state index in [0.29, 0.717) is 28.9 Å². The highest BCUT2D eigenvalue weighted by Gasteiger charge is 2.52. The largest absolute Gasteiger partial charge is 0.452 e. The number of para-hydroxylation sites is 6. The molecule has 82 heavy (non-hydrogen) atoms. The van der Waals surface area contributed by atoms with Gasteiger partial charge < -0.3 is 13.9 Å². The average molecular weight is 1050 g/mol. The van der Waals surface area contributed by atoms with Crippen molar-refractivity contribution < 1.29 is 4.42 Å². The van der Waals surface area contributed by atoms with E-state index in [1.54, 1.807) is 0 Å². The molecule has 0 saturated heterocycles. The predicted octanol–water partition coefficient (Wildman–Crippen LogP) is 18.1. The van der Waals surface area contributed by atoms with Crippen LogP contribution in [-0.2, 0) is 5.41 Å². The van der Waals surface area contributed by atoms with Crippen LogP contribution in [0, 0.1) is 0 Å². The maximum atomic E-state index is 6.80. The Hall–Kier alpha value is -11.1. The zero-order valence-electron chi connectivity index (χ0n) is 44.0. The van der Waals surface area contributed by atoms with Gasteiger partial charge in [-0.25, -0.2) is 24.9 Å². The van der Waals surface area contributed by atoms with Crippen molar-refractivity contribution in [3.8, 4) is 73.6 Å². The second-order valence-corrected chi connectivity index (χ2v) is 21.1. The van der Waals surface area contributed by atoms with Crippen molar-refractivity contribution in [1.82, 2.24) is 29.5 Å². The van der Waals surface area contributed by atoms with Crippen LogP contribution >= 0.6 is 0 Å². The fraction of sp³-hybridized carbons (Fsp3) is 0.0135. The molecule has 0 radical (unpaired) electrons. The summed E-state index contributed by atoms with van der Waals surface area (Å²) < 4.78 is 9.14. The Bertz CT molecular complexity index is 4950. The van der Waals surface area contributed by atoms with Gasteiger partial charge in [0.1, 0.15) is 16.8 Å². The van der Waals surface area contributed by atoms with E-state index in [1.165, 1.54) is 11.1 Å². The number of fused-ring (bicyclic) bond motifs is 15. The SMILES string of the molecule is c1ccc(-c2nc(-c3ccccc3)nc(-c3cccc4c3-c3cc(-c5nc(-c6ccc7c(c6)c6ccccc6n7-c6ccccc6)c6oc7ccccc7c6n5)ccc3C43c4ccccc4N(c4ccccc4)c4ccccc43)n2)cc1. The van der Waals surface area contributed by atoms with Gasteiger partial charge in [0.05, 0.1) is 27.8 Å². The highest BCUT2D eigenvalue weighted by atomic mass is 16.3. The zero-order chi connectivity index (χ0) is 53.9. The number of hydrogen-bond acceptors (Lipinski definition) is 7. The number of anilines is 3. The summed E-state index contributed by atoms with van der Waals surface area (Å²) in [7, 11) is 0. The van der Waals surface area contributed by atoms with Crippen molar-refractivity contribution in [2.45, 2.75) is 5.41 Å². The standard InChI is InChI=1S/C74H45N7O/c1-5-22-46(23-6-1)70-77-71(47-24-7-2-8-25-47)79-73(78-70)54-32-21-35-60-66(54)56-45-49(40-42-57(56)74(60)58-33-15-18-37-63(58)81(51-28-11-4-12-29-51)64-38-19-16-34-59(64)74)72-75-67(69-68(76-72)53-31-14-20-39-65(53)82-69)48-41-43-62-55(44-48)52-30-13-17-36-61(52)80(62)50-26-9-3-10-27-50/h1-45H. The van der Waals surface area contributed by atoms with E-state index in [4.69, 9.17) is 29.3 Å². The lowest BCUT2D eigenvalue weighted by atomic mass is 9.64. The summed E-state index contributed by atoms with van der Waals surface area (Å²) in [5.74, 6) is 2.36. The van der Waals surface area contributed by atoms with E-state index in [1.807, 2.05) is 54.6 Å². The molecule has 2 aliphatic rings. The molecule has 0 amide bonds. The van der Waals surface area contributed by atoms with Crippen molar-refractivity contribution >= 4 is 60.9 Å². The van der Waals surface area contributed by atoms with Gasteiger partial charge in [-0.1, -0.05) is 200 Å². The highest BCUT2D eigenvalue weighted by molar-refractivity contribution is 6.12. The van der Waals surface area contributed by atoms with Crippen molar-refractivity contribution in [2.24, 2.45) is 0 Å². The molecule has 5 heterocycles. The molecule has 8 nitrogen and oxygen atoms in total. The number of rotatable bonds is 7. The van der Waals surface area contributed by atoms with Crippen LogP contribution in [0.25, 0.3) is 117 Å². The quantitative estimate of drug-likeness (QED) is 0.157. The van der Waals surface area contributed by atoms with Gasteiger partial charge in [-0.15, -0.1) is 0 Å². The summed E-state index contributed by atoms with van der Waals surface area (Å²) in [6.07, 6.45) is 0. The molecule has 11 aromatic carbocycles. The second kappa shape index (κ2) is 18.0. The van der Waals surface area contributed by atoms with Crippen molar-refractivity contribution in [3.05, 3.63) is 295 Å². The molecule has 4 aromatic heterocycles. The van der Waals surface area contributed by atoms with Crippen LogP contribution < -0.4 is 4.90 Å². The third-order valence-electron chi connectivity index (χ3n) is 16.7. The molecule has 1 spiro atoms. The van der Waals surface area contributed by atoms with Crippen LogP contribution in [0.2, 0.25) is 0 Å². The Kier molecular flexibility index (Phi) is 10.1. The smallest absolute Gasteiger partial charge is 0.180 e. The number of benzene rings is 11. The third-order valence-corrected chi connectivity index (χ3v) is 16.7. The summed E-state index contributed by atoms with van der Waals surface area (Å²) in [5, 5.41) is 3.20. The fourth-order valence-corrected chi connectivity index (χ4v) is 13.2. The highest BCUT2D eigenvalue weighted by Crippen LogP contribution is 2.65. The van der Waals surface area contributed by atoms with Crippen molar-refractivity contribution in [1.29, 1.82) is 0 Å². The van der Waals surface area contributed by atoms with Gasteiger partial charge in [0.25, 0.3) is 0 Å². The van der Waals surface area contributed by atoms with Crippen LogP contribution in [0.1, 0.15) is 22.3 Å². The van der Waals surface area contributed by atoms with Gasteiger partial charge in [0.15, 0.2) is 28.9 Å². The Morgan fingerprint density at radius 3 is 1.59 bits per heavy atom. The van der Waals surface area contributed by atoms with Gasteiger partial charge in [0.2, 0.25) is 0 Å². The van der Waals surface area contributed by atoms with E-state index in [9.17, 15) is 0 Å². The first-order valence-corrected chi connectivity index (χ1v) is 27.7. The molecule has 0 fully saturated rings. The first-order valence-electron chi connectivity index (χ1n) is 27.7.